The lowest BCUT2D eigenvalue weighted by Crippen LogP contribution is -2.45. The number of carbonyl (C=O) groups excluding carboxylic acids is 2. The SMILES string of the molecule is CCCCCCCCCCCCCCCCCCCCCCCC/C=C/C(O)C(CO)NC(=O)CCCCCCCCCCCC/C=C\C=C/CCCCCOC(=O)CCCCCCCCCCCCC. The maximum atomic E-state index is 12.5. The van der Waals surface area contributed by atoms with Gasteiger partial charge in [-0.15, -0.1) is 0 Å². The van der Waals surface area contributed by atoms with E-state index in [0.717, 1.165) is 77.0 Å². The van der Waals surface area contributed by atoms with E-state index in [4.69, 9.17) is 4.74 Å². The van der Waals surface area contributed by atoms with Crippen molar-refractivity contribution in [1.29, 1.82) is 0 Å². The molecule has 0 aromatic carbocycles. The molecular formula is C65H123NO5. The third-order valence-corrected chi connectivity index (χ3v) is 14.7. The third kappa shape index (κ3) is 57.2. The Hall–Kier alpha value is -1.92. The first-order valence-corrected chi connectivity index (χ1v) is 31.8. The van der Waals surface area contributed by atoms with Crippen molar-refractivity contribution >= 4 is 11.9 Å². The second-order valence-corrected chi connectivity index (χ2v) is 21.8. The van der Waals surface area contributed by atoms with Crippen LogP contribution >= 0.6 is 0 Å². The highest BCUT2D eigenvalue weighted by Gasteiger charge is 2.18. The molecule has 6 heteroatoms. The van der Waals surface area contributed by atoms with Crippen LogP contribution in [-0.2, 0) is 14.3 Å². The predicted molar refractivity (Wildman–Crippen MR) is 310 cm³/mol. The summed E-state index contributed by atoms with van der Waals surface area (Å²) < 4.78 is 5.44. The number of unbranched alkanes of at least 4 members (excludes halogenated alkanes) is 45. The number of hydrogen-bond acceptors (Lipinski definition) is 5. The minimum absolute atomic E-state index is 0.0141. The van der Waals surface area contributed by atoms with E-state index in [0.29, 0.717) is 19.4 Å². The molecule has 0 rings (SSSR count). The van der Waals surface area contributed by atoms with E-state index in [-0.39, 0.29) is 18.5 Å². The Labute approximate surface area is 443 Å². The van der Waals surface area contributed by atoms with Gasteiger partial charge in [-0.2, -0.15) is 0 Å². The van der Waals surface area contributed by atoms with Crippen LogP contribution in [-0.4, -0.2) is 47.4 Å². The van der Waals surface area contributed by atoms with Gasteiger partial charge in [-0.3, -0.25) is 9.59 Å². The number of nitrogens with one attached hydrogen (secondary N) is 1. The second kappa shape index (κ2) is 60.6. The van der Waals surface area contributed by atoms with Gasteiger partial charge in [0.1, 0.15) is 0 Å². The van der Waals surface area contributed by atoms with Gasteiger partial charge in [0.05, 0.1) is 25.4 Å². The average molecular weight is 999 g/mol. The number of rotatable bonds is 59. The van der Waals surface area contributed by atoms with Crippen molar-refractivity contribution in [2.24, 2.45) is 0 Å². The van der Waals surface area contributed by atoms with Crippen LogP contribution in [0.1, 0.15) is 341 Å². The summed E-state index contributed by atoms with van der Waals surface area (Å²) in [5.41, 5.74) is 0. The van der Waals surface area contributed by atoms with Gasteiger partial charge < -0.3 is 20.3 Å². The van der Waals surface area contributed by atoms with Gasteiger partial charge in [-0.1, -0.05) is 301 Å². The Morgan fingerprint density at radius 1 is 0.394 bits per heavy atom. The maximum absolute atomic E-state index is 12.5. The number of aliphatic hydroxyl groups excluding tert-OH is 2. The Morgan fingerprint density at radius 2 is 0.690 bits per heavy atom. The van der Waals surface area contributed by atoms with Crippen LogP contribution in [0.3, 0.4) is 0 Å². The lowest BCUT2D eigenvalue weighted by Gasteiger charge is -2.20. The van der Waals surface area contributed by atoms with E-state index >= 15 is 0 Å². The average Bonchev–Trinajstić information content (AvgIpc) is 3.37. The molecule has 0 saturated heterocycles. The molecule has 0 spiro atoms. The molecule has 0 aliphatic rings. The topological polar surface area (TPSA) is 95.9 Å². The molecule has 0 bridgehead atoms. The number of esters is 1. The van der Waals surface area contributed by atoms with Crippen molar-refractivity contribution in [3.63, 3.8) is 0 Å². The molecule has 0 fully saturated rings. The molecule has 418 valence electrons. The fourth-order valence-electron chi connectivity index (χ4n) is 9.80. The smallest absolute Gasteiger partial charge is 0.305 e. The molecule has 1 amide bonds. The first-order chi connectivity index (χ1) is 35.0. The summed E-state index contributed by atoms with van der Waals surface area (Å²) in [6, 6.07) is -0.637. The number of aliphatic hydroxyl groups is 2. The van der Waals surface area contributed by atoms with Gasteiger partial charge in [0.15, 0.2) is 0 Å². The molecule has 0 heterocycles. The first kappa shape index (κ1) is 69.1. The highest BCUT2D eigenvalue weighted by molar-refractivity contribution is 5.76. The minimum atomic E-state index is -0.853. The molecule has 2 atom stereocenters. The fraction of sp³-hybridized carbons (Fsp3) is 0.877. The summed E-state index contributed by atoms with van der Waals surface area (Å²) in [5.74, 6) is -0.0889. The third-order valence-electron chi connectivity index (χ3n) is 14.7. The van der Waals surface area contributed by atoms with Crippen LogP contribution in [0.2, 0.25) is 0 Å². The van der Waals surface area contributed by atoms with Crippen molar-refractivity contribution in [3.05, 3.63) is 36.5 Å². The zero-order valence-corrected chi connectivity index (χ0v) is 47.7. The van der Waals surface area contributed by atoms with Gasteiger partial charge in [-0.05, 0) is 64.2 Å². The highest BCUT2D eigenvalue weighted by atomic mass is 16.5. The van der Waals surface area contributed by atoms with Crippen LogP contribution in [0, 0.1) is 0 Å². The number of carbonyl (C=O) groups is 2. The normalized spacial score (nSPS) is 12.8. The van der Waals surface area contributed by atoms with Gasteiger partial charge in [0.25, 0.3) is 0 Å². The Kier molecular flexibility index (Phi) is 59.0. The summed E-state index contributed by atoms with van der Waals surface area (Å²) >= 11 is 0. The van der Waals surface area contributed by atoms with Crippen LogP contribution in [0.5, 0.6) is 0 Å². The molecule has 6 nitrogen and oxygen atoms in total. The van der Waals surface area contributed by atoms with Crippen molar-refractivity contribution in [2.75, 3.05) is 13.2 Å². The van der Waals surface area contributed by atoms with Crippen molar-refractivity contribution in [2.45, 2.75) is 353 Å². The molecule has 3 N–H and O–H groups in total. The molecule has 0 aliphatic heterocycles. The summed E-state index contributed by atoms with van der Waals surface area (Å²) in [7, 11) is 0. The summed E-state index contributed by atoms with van der Waals surface area (Å²) in [6.45, 7) is 4.88. The van der Waals surface area contributed by atoms with Crippen molar-refractivity contribution < 1.29 is 24.5 Å². The van der Waals surface area contributed by atoms with Gasteiger partial charge in [0, 0.05) is 12.8 Å². The van der Waals surface area contributed by atoms with E-state index in [2.05, 4.69) is 43.5 Å². The van der Waals surface area contributed by atoms with Crippen LogP contribution < -0.4 is 5.32 Å². The second-order valence-electron chi connectivity index (χ2n) is 21.8. The molecule has 0 radical (unpaired) electrons. The van der Waals surface area contributed by atoms with E-state index in [1.807, 2.05) is 6.08 Å². The van der Waals surface area contributed by atoms with E-state index in [1.165, 1.54) is 238 Å². The van der Waals surface area contributed by atoms with Gasteiger partial charge in [0.2, 0.25) is 5.91 Å². The number of ether oxygens (including phenoxy) is 1. The molecule has 0 saturated carbocycles. The Balaban J connectivity index is 3.50. The molecule has 0 aromatic rings. The molecule has 0 aromatic heterocycles. The summed E-state index contributed by atoms with van der Waals surface area (Å²) in [5, 5.41) is 23.2. The van der Waals surface area contributed by atoms with E-state index < -0.39 is 12.1 Å². The van der Waals surface area contributed by atoms with E-state index in [1.54, 1.807) is 6.08 Å². The lowest BCUT2D eigenvalue weighted by molar-refractivity contribution is -0.143. The van der Waals surface area contributed by atoms with Crippen LogP contribution in [0.25, 0.3) is 0 Å². The largest absolute Gasteiger partial charge is 0.466 e. The zero-order valence-electron chi connectivity index (χ0n) is 47.7. The number of hydrogen-bond donors (Lipinski definition) is 3. The number of amides is 1. The molecular weight excluding hydrogens is 875 g/mol. The first-order valence-electron chi connectivity index (χ1n) is 31.8. The van der Waals surface area contributed by atoms with Crippen LogP contribution in [0.15, 0.2) is 36.5 Å². The summed E-state index contributed by atoms with van der Waals surface area (Å²) in [6.07, 6.45) is 76.2. The Morgan fingerprint density at radius 3 is 1.04 bits per heavy atom. The standard InChI is InChI=1S/C65H123NO5/c1-3-5-7-9-11-13-15-16-17-18-19-20-21-22-23-25-28-31-34-38-41-45-49-53-57-63(68)62(61-67)66-64(69)58-54-50-46-42-39-35-32-29-26-24-27-30-33-36-40-44-48-52-56-60-71-65(70)59-55-51-47-43-37-14-12-10-8-6-4-2/h30,33,36,40,53,57,62-63,67-68H,3-29,31-32,34-35,37-39,41-52,54-56,58-61H2,1-2H3,(H,66,69)/b33-30-,40-36-,57-53+. The minimum Gasteiger partial charge on any atom is -0.466 e. The lowest BCUT2D eigenvalue weighted by atomic mass is 10.0. The Bertz CT molecular complexity index is 1150. The quantitative estimate of drug-likeness (QED) is 0.0244. The molecule has 0 aliphatic carbocycles. The fourth-order valence-corrected chi connectivity index (χ4v) is 9.80. The molecule has 2 unspecified atom stereocenters. The number of allylic oxidation sites excluding steroid dienone is 5. The highest BCUT2D eigenvalue weighted by Crippen LogP contribution is 2.17. The van der Waals surface area contributed by atoms with Gasteiger partial charge in [-0.25, -0.2) is 0 Å². The van der Waals surface area contributed by atoms with Crippen molar-refractivity contribution in [1.82, 2.24) is 5.32 Å². The summed E-state index contributed by atoms with van der Waals surface area (Å²) in [4.78, 5) is 24.5. The van der Waals surface area contributed by atoms with Crippen molar-refractivity contribution in [3.8, 4) is 0 Å². The van der Waals surface area contributed by atoms with Crippen LogP contribution in [0.4, 0.5) is 0 Å². The predicted octanol–water partition coefficient (Wildman–Crippen LogP) is 20.0. The van der Waals surface area contributed by atoms with Gasteiger partial charge >= 0.3 is 5.97 Å². The van der Waals surface area contributed by atoms with E-state index in [9.17, 15) is 19.8 Å². The molecule has 71 heavy (non-hydrogen) atoms. The monoisotopic (exact) mass is 998 g/mol. The zero-order chi connectivity index (χ0) is 51.4. The maximum Gasteiger partial charge on any atom is 0.305 e.